The number of piperidine rings is 1. The Morgan fingerprint density at radius 2 is 1.59 bits per heavy atom. The summed E-state index contributed by atoms with van der Waals surface area (Å²) in [4.78, 5) is 43.8. The van der Waals surface area contributed by atoms with E-state index < -0.39 is 34.9 Å². The molecule has 2 saturated heterocycles. The first-order valence-electron chi connectivity index (χ1n) is 12.6. The molecule has 39 heavy (non-hydrogen) atoms. The summed E-state index contributed by atoms with van der Waals surface area (Å²) in [5, 5.41) is 10.1. The highest BCUT2D eigenvalue weighted by atomic mass is 35.5. The molecule has 3 heterocycles. The lowest BCUT2D eigenvalue weighted by Crippen LogP contribution is -2.55. The number of hydrogen-bond donors (Lipinski definition) is 1. The largest absolute Gasteiger partial charge is 0.417 e. The quantitative estimate of drug-likeness (QED) is 0.479. The second kappa shape index (κ2) is 10.9. The second-order valence-corrected chi connectivity index (χ2v) is 10.2. The van der Waals surface area contributed by atoms with Crippen molar-refractivity contribution in [1.82, 2.24) is 30.1 Å². The van der Waals surface area contributed by atoms with Crippen molar-refractivity contribution in [2.24, 2.45) is 0 Å². The number of fused-ring (bicyclic) bond motifs is 1. The predicted molar refractivity (Wildman–Crippen MR) is 136 cm³/mol. The minimum Gasteiger partial charge on any atom is -0.339 e. The number of alkyl halides is 3. The number of likely N-dealkylation sites (tertiary alicyclic amines) is 1. The van der Waals surface area contributed by atoms with E-state index in [4.69, 9.17) is 11.6 Å². The van der Waals surface area contributed by atoms with Gasteiger partial charge in [-0.25, -0.2) is 0 Å². The average molecular weight is 563 g/mol. The first kappa shape index (κ1) is 27.1. The van der Waals surface area contributed by atoms with Crippen molar-refractivity contribution in [3.05, 3.63) is 58.1 Å². The van der Waals surface area contributed by atoms with Crippen LogP contribution in [0.15, 0.2) is 36.4 Å². The van der Waals surface area contributed by atoms with Crippen molar-refractivity contribution < 1.29 is 27.6 Å². The number of rotatable bonds is 5. The van der Waals surface area contributed by atoms with Crippen LogP contribution in [0.25, 0.3) is 11.0 Å². The number of aromatic amines is 1. The molecule has 0 aliphatic carbocycles. The van der Waals surface area contributed by atoms with Gasteiger partial charge in [-0.15, -0.1) is 0 Å². The van der Waals surface area contributed by atoms with Gasteiger partial charge in [-0.2, -0.15) is 28.6 Å². The number of carbonyl (C=O) groups is 3. The van der Waals surface area contributed by atoms with Crippen LogP contribution in [0.1, 0.15) is 34.3 Å². The fourth-order valence-corrected chi connectivity index (χ4v) is 5.44. The van der Waals surface area contributed by atoms with Gasteiger partial charge in [-0.1, -0.05) is 17.7 Å². The number of hydrogen-bond acceptors (Lipinski definition) is 6. The Morgan fingerprint density at radius 3 is 2.28 bits per heavy atom. The monoisotopic (exact) mass is 562 g/mol. The molecule has 2 fully saturated rings. The molecule has 0 bridgehead atoms. The average Bonchev–Trinajstić information content (AvgIpc) is 3.41. The number of nitrogens with zero attached hydrogens (tertiary/aromatic N) is 5. The van der Waals surface area contributed by atoms with E-state index in [0.29, 0.717) is 55.9 Å². The Hall–Kier alpha value is -3.51. The molecular weight excluding hydrogens is 537 g/mol. The third-order valence-electron chi connectivity index (χ3n) is 7.37. The molecule has 1 aromatic heterocycles. The Morgan fingerprint density at radius 1 is 0.897 bits per heavy atom. The molecule has 0 atom stereocenters. The number of Topliss-reactive ketones (excluding diaryl/α,β-unsaturated/α-hetero) is 1. The molecule has 2 aliphatic heterocycles. The normalized spacial score (nSPS) is 17.5. The van der Waals surface area contributed by atoms with Crippen molar-refractivity contribution >= 4 is 40.2 Å². The highest BCUT2D eigenvalue weighted by molar-refractivity contribution is 6.36. The molecule has 2 aliphatic rings. The van der Waals surface area contributed by atoms with Crippen LogP contribution in [-0.4, -0.2) is 93.0 Å². The number of halogens is 4. The summed E-state index contributed by atoms with van der Waals surface area (Å²) < 4.78 is 39.3. The van der Waals surface area contributed by atoms with Gasteiger partial charge in [0.1, 0.15) is 11.0 Å². The van der Waals surface area contributed by atoms with E-state index in [2.05, 4.69) is 20.3 Å². The fraction of sp³-hybridized carbons (Fsp3) is 0.423. The highest BCUT2D eigenvalue weighted by Crippen LogP contribution is 2.35. The third kappa shape index (κ3) is 5.91. The molecule has 5 rings (SSSR count). The number of nitrogens with one attached hydrogen (secondary N) is 1. The molecule has 2 amide bonds. The van der Waals surface area contributed by atoms with Crippen LogP contribution in [-0.2, 0) is 22.2 Å². The van der Waals surface area contributed by atoms with E-state index in [0.717, 1.165) is 25.0 Å². The molecule has 0 spiro atoms. The lowest BCUT2D eigenvalue weighted by Gasteiger charge is -2.42. The van der Waals surface area contributed by atoms with Gasteiger partial charge in [-0.05, 0) is 48.7 Å². The Balaban J connectivity index is 1.10. The zero-order chi connectivity index (χ0) is 27.7. The zero-order valence-corrected chi connectivity index (χ0v) is 21.6. The minimum atomic E-state index is -4.65. The summed E-state index contributed by atoms with van der Waals surface area (Å²) in [5.74, 6) is -1.49. The van der Waals surface area contributed by atoms with Crippen molar-refractivity contribution in [3.8, 4) is 0 Å². The summed E-state index contributed by atoms with van der Waals surface area (Å²) in [6.07, 6.45) is -3.48. The summed E-state index contributed by atoms with van der Waals surface area (Å²) in [7, 11) is 0. The summed E-state index contributed by atoms with van der Waals surface area (Å²) in [6, 6.07) is 8.73. The van der Waals surface area contributed by atoms with Crippen LogP contribution >= 0.6 is 11.6 Å². The highest BCUT2D eigenvalue weighted by Gasteiger charge is 2.35. The predicted octanol–water partition coefficient (Wildman–Crippen LogP) is 3.19. The van der Waals surface area contributed by atoms with Gasteiger partial charge in [0.15, 0.2) is 0 Å². The Labute approximate surface area is 226 Å². The standard InChI is InChI=1S/C26H26ClF3N6O3/c27-20-3-1-16(13-19(20)26(28,29)30)14-23(37)25(39)36-11-9-34(10-12-36)18-5-7-35(8-6-18)24(38)17-2-4-21-22(15-17)32-33-31-21/h1-4,13,15,18H,5-12,14H2,(H,31,32,33). The Bertz CT molecular complexity index is 1400. The summed E-state index contributed by atoms with van der Waals surface area (Å²) in [6.45, 7) is 3.10. The number of piperazine rings is 1. The van der Waals surface area contributed by atoms with E-state index in [1.807, 2.05) is 4.90 Å². The maximum absolute atomic E-state index is 13.1. The molecule has 0 radical (unpaired) electrons. The molecule has 2 aromatic carbocycles. The van der Waals surface area contributed by atoms with Gasteiger partial charge < -0.3 is 9.80 Å². The molecule has 0 saturated carbocycles. The van der Waals surface area contributed by atoms with E-state index in [-0.39, 0.29) is 17.5 Å². The summed E-state index contributed by atoms with van der Waals surface area (Å²) in [5.41, 5.74) is 0.969. The molecule has 3 aromatic rings. The van der Waals surface area contributed by atoms with Gasteiger partial charge in [-0.3, -0.25) is 19.3 Å². The lowest BCUT2D eigenvalue weighted by molar-refractivity contribution is -0.145. The maximum atomic E-state index is 13.1. The van der Waals surface area contributed by atoms with Crippen LogP contribution in [0.5, 0.6) is 0 Å². The molecular formula is C26H26ClF3N6O3. The van der Waals surface area contributed by atoms with E-state index in [1.165, 1.54) is 11.0 Å². The molecule has 13 heteroatoms. The first-order chi connectivity index (χ1) is 18.6. The molecule has 1 N–H and O–H groups in total. The van der Waals surface area contributed by atoms with Crippen LogP contribution in [0.3, 0.4) is 0 Å². The van der Waals surface area contributed by atoms with Gasteiger partial charge in [0, 0.05) is 57.3 Å². The number of aromatic nitrogens is 3. The lowest BCUT2D eigenvalue weighted by atomic mass is 10.0. The van der Waals surface area contributed by atoms with Crippen LogP contribution in [0.4, 0.5) is 13.2 Å². The maximum Gasteiger partial charge on any atom is 0.417 e. The zero-order valence-electron chi connectivity index (χ0n) is 20.9. The summed E-state index contributed by atoms with van der Waals surface area (Å²) >= 11 is 5.64. The smallest absolute Gasteiger partial charge is 0.339 e. The van der Waals surface area contributed by atoms with Crippen LogP contribution in [0, 0.1) is 0 Å². The van der Waals surface area contributed by atoms with Crippen molar-refractivity contribution in [2.75, 3.05) is 39.3 Å². The number of H-pyrrole nitrogens is 1. The van der Waals surface area contributed by atoms with Crippen molar-refractivity contribution in [2.45, 2.75) is 31.5 Å². The number of ketones is 1. The number of carbonyl (C=O) groups excluding carboxylic acids is 3. The van der Waals surface area contributed by atoms with Gasteiger partial charge in [0.2, 0.25) is 5.78 Å². The SMILES string of the molecule is O=C(Cc1ccc(Cl)c(C(F)(F)F)c1)C(=O)N1CCN(C2CCN(C(=O)c3ccc4n[nH]nc4c3)CC2)CC1. The topological polar surface area (TPSA) is 103 Å². The van der Waals surface area contributed by atoms with E-state index in [1.54, 1.807) is 18.2 Å². The van der Waals surface area contributed by atoms with E-state index >= 15 is 0 Å². The first-order valence-corrected chi connectivity index (χ1v) is 13.0. The van der Waals surface area contributed by atoms with Crippen LogP contribution in [0.2, 0.25) is 5.02 Å². The van der Waals surface area contributed by atoms with Crippen molar-refractivity contribution in [1.29, 1.82) is 0 Å². The Kier molecular flexibility index (Phi) is 7.59. The van der Waals surface area contributed by atoms with Gasteiger partial charge in [0.05, 0.1) is 10.6 Å². The fourth-order valence-electron chi connectivity index (χ4n) is 5.22. The van der Waals surface area contributed by atoms with Crippen LogP contribution < -0.4 is 0 Å². The molecule has 9 nitrogen and oxygen atoms in total. The number of benzene rings is 2. The molecule has 206 valence electrons. The second-order valence-electron chi connectivity index (χ2n) is 9.79. The van der Waals surface area contributed by atoms with Crippen molar-refractivity contribution in [3.63, 3.8) is 0 Å². The third-order valence-corrected chi connectivity index (χ3v) is 7.70. The molecule has 0 unspecified atom stereocenters. The van der Waals surface area contributed by atoms with Gasteiger partial charge in [0.25, 0.3) is 11.8 Å². The van der Waals surface area contributed by atoms with E-state index in [9.17, 15) is 27.6 Å². The van der Waals surface area contributed by atoms with Gasteiger partial charge >= 0.3 is 6.18 Å². The minimum absolute atomic E-state index is 0.0460. The number of amides is 2.